The lowest BCUT2D eigenvalue weighted by Gasteiger charge is -2.14. The number of nitrogens with one attached hydrogen (secondary N) is 1. The normalized spacial score (nSPS) is 10.1. The SMILES string of the molecule is CCN(C)c1ccc(CNC)nn1. The third-order valence-electron chi connectivity index (χ3n) is 1.93. The van der Waals surface area contributed by atoms with Gasteiger partial charge in [-0.05, 0) is 26.1 Å². The van der Waals surface area contributed by atoms with Crippen molar-refractivity contribution in [3.8, 4) is 0 Å². The van der Waals surface area contributed by atoms with Gasteiger partial charge >= 0.3 is 0 Å². The Morgan fingerprint density at radius 3 is 2.62 bits per heavy atom. The predicted molar refractivity (Wildman–Crippen MR) is 53.7 cm³/mol. The maximum Gasteiger partial charge on any atom is 0.150 e. The van der Waals surface area contributed by atoms with Crippen molar-refractivity contribution in [1.82, 2.24) is 15.5 Å². The van der Waals surface area contributed by atoms with Crippen molar-refractivity contribution in [1.29, 1.82) is 0 Å². The molecule has 0 aromatic carbocycles. The monoisotopic (exact) mass is 180 g/mol. The fourth-order valence-electron chi connectivity index (χ4n) is 0.994. The van der Waals surface area contributed by atoms with Crippen molar-refractivity contribution in [2.45, 2.75) is 13.5 Å². The van der Waals surface area contributed by atoms with E-state index in [-0.39, 0.29) is 0 Å². The summed E-state index contributed by atoms with van der Waals surface area (Å²) in [6.45, 7) is 3.80. The number of aromatic nitrogens is 2. The summed E-state index contributed by atoms with van der Waals surface area (Å²) in [5.41, 5.74) is 0.968. The first-order chi connectivity index (χ1) is 6.27. The molecular formula is C9H16N4. The Bertz CT molecular complexity index is 244. The van der Waals surface area contributed by atoms with Crippen LogP contribution in [0.25, 0.3) is 0 Å². The van der Waals surface area contributed by atoms with E-state index in [9.17, 15) is 0 Å². The van der Waals surface area contributed by atoms with Crippen LogP contribution < -0.4 is 10.2 Å². The molecule has 13 heavy (non-hydrogen) atoms. The minimum atomic E-state index is 0.767. The molecular weight excluding hydrogens is 164 g/mol. The molecule has 1 aromatic rings. The van der Waals surface area contributed by atoms with Crippen LogP contribution in [0.5, 0.6) is 0 Å². The Kier molecular flexibility index (Phi) is 3.64. The lowest BCUT2D eigenvalue weighted by Crippen LogP contribution is -2.18. The highest BCUT2D eigenvalue weighted by atomic mass is 15.2. The van der Waals surface area contributed by atoms with Crippen molar-refractivity contribution >= 4 is 5.82 Å². The Hall–Kier alpha value is -1.16. The summed E-state index contributed by atoms with van der Waals surface area (Å²) in [4.78, 5) is 2.05. The second-order valence-electron chi connectivity index (χ2n) is 2.93. The molecule has 0 aliphatic rings. The van der Waals surface area contributed by atoms with Crippen LogP contribution >= 0.6 is 0 Å². The molecule has 1 aromatic heterocycles. The van der Waals surface area contributed by atoms with Crippen LogP contribution in [0.15, 0.2) is 12.1 Å². The van der Waals surface area contributed by atoms with Crippen LogP contribution in [0.4, 0.5) is 5.82 Å². The van der Waals surface area contributed by atoms with Crippen molar-refractivity contribution in [3.63, 3.8) is 0 Å². The maximum absolute atomic E-state index is 4.10. The molecule has 1 heterocycles. The van der Waals surface area contributed by atoms with Gasteiger partial charge in [0.15, 0.2) is 5.82 Å². The first kappa shape index (κ1) is 9.92. The predicted octanol–water partition coefficient (Wildman–Crippen LogP) is 0.652. The summed E-state index contributed by atoms with van der Waals surface area (Å²) in [6, 6.07) is 3.98. The van der Waals surface area contributed by atoms with Gasteiger partial charge in [-0.3, -0.25) is 0 Å². The van der Waals surface area contributed by atoms with Crippen LogP contribution in [0.2, 0.25) is 0 Å². The molecule has 0 saturated carbocycles. The first-order valence-corrected chi connectivity index (χ1v) is 4.46. The molecule has 0 saturated heterocycles. The summed E-state index contributed by atoms with van der Waals surface area (Å²) in [5.74, 6) is 0.919. The molecule has 0 radical (unpaired) electrons. The van der Waals surface area contributed by atoms with Gasteiger partial charge in [0.1, 0.15) is 0 Å². The summed E-state index contributed by atoms with van der Waals surface area (Å²) in [6.07, 6.45) is 0. The van der Waals surface area contributed by atoms with Gasteiger partial charge in [0, 0.05) is 20.1 Å². The molecule has 1 rings (SSSR count). The zero-order valence-corrected chi connectivity index (χ0v) is 8.41. The second kappa shape index (κ2) is 4.77. The van der Waals surface area contributed by atoms with E-state index in [0.29, 0.717) is 0 Å². The third kappa shape index (κ3) is 2.66. The molecule has 0 fully saturated rings. The van der Waals surface area contributed by atoms with Crippen molar-refractivity contribution in [2.75, 3.05) is 25.5 Å². The van der Waals surface area contributed by atoms with Crippen LogP contribution in [-0.2, 0) is 6.54 Å². The molecule has 72 valence electrons. The number of rotatable bonds is 4. The highest BCUT2D eigenvalue weighted by molar-refractivity contribution is 5.35. The Morgan fingerprint density at radius 2 is 2.15 bits per heavy atom. The number of hydrogen-bond acceptors (Lipinski definition) is 4. The molecule has 0 aliphatic carbocycles. The molecule has 0 unspecified atom stereocenters. The van der Waals surface area contributed by atoms with E-state index in [4.69, 9.17) is 0 Å². The molecule has 1 N–H and O–H groups in total. The van der Waals surface area contributed by atoms with E-state index >= 15 is 0 Å². The fraction of sp³-hybridized carbons (Fsp3) is 0.556. The summed E-state index contributed by atoms with van der Waals surface area (Å²) < 4.78 is 0. The van der Waals surface area contributed by atoms with Gasteiger partial charge in [0.05, 0.1) is 5.69 Å². The van der Waals surface area contributed by atoms with E-state index in [2.05, 4.69) is 27.3 Å². The summed E-state index contributed by atoms with van der Waals surface area (Å²) in [5, 5.41) is 11.2. The smallest absolute Gasteiger partial charge is 0.150 e. The molecule has 0 spiro atoms. The quantitative estimate of drug-likeness (QED) is 0.738. The van der Waals surface area contributed by atoms with E-state index in [1.54, 1.807) is 0 Å². The summed E-state index contributed by atoms with van der Waals surface area (Å²) in [7, 11) is 3.90. The Morgan fingerprint density at radius 1 is 1.38 bits per heavy atom. The average molecular weight is 180 g/mol. The highest BCUT2D eigenvalue weighted by Crippen LogP contribution is 2.06. The lowest BCUT2D eigenvalue weighted by atomic mass is 10.3. The zero-order chi connectivity index (χ0) is 9.68. The Labute approximate surface area is 79.0 Å². The topological polar surface area (TPSA) is 41.0 Å². The highest BCUT2D eigenvalue weighted by Gasteiger charge is 2.00. The minimum absolute atomic E-state index is 0.767. The van der Waals surface area contributed by atoms with Gasteiger partial charge in [-0.1, -0.05) is 0 Å². The van der Waals surface area contributed by atoms with Gasteiger partial charge < -0.3 is 10.2 Å². The molecule has 0 bridgehead atoms. The number of hydrogen-bond donors (Lipinski definition) is 1. The largest absolute Gasteiger partial charge is 0.358 e. The van der Waals surface area contributed by atoms with Gasteiger partial charge in [-0.25, -0.2) is 0 Å². The molecule has 0 atom stereocenters. The zero-order valence-electron chi connectivity index (χ0n) is 8.41. The van der Waals surface area contributed by atoms with Crippen LogP contribution in [0, 0.1) is 0 Å². The number of anilines is 1. The maximum atomic E-state index is 4.10. The van der Waals surface area contributed by atoms with Crippen LogP contribution in [0.3, 0.4) is 0 Å². The molecule has 4 nitrogen and oxygen atoms in total. The van der Waals surface area contributed by atoms with Crippen molar-refractivity contribution < 1.29 is 0 Å². The summed E-state index contributed by atoms with van der Waals surface area (Å²) >= 11 is 0. The third-order valence-corrected chi connectivity index (χ3v) is 1.93. The van der Waals surface area contributed by atoms with E-state index in [0.717, 1.165) is 24.6 Å². The molecule has 4 heteroatoms. The van der Waals surface area contributed by atoms with Crippen LogP contribution in [-0.4, -0.2) is 30.8 Å². The van der Waals surface area contributed by atoms with Crippen molar-refractivity contribution in [2.24, 2.45) is 0 Å². The number of nitrogens with zero attached hydrogens (tertiary/aromatic N) is 3. The first-order valence-electron chi connectivity index (χ1n) is 4.46. The van der Waals surface area contributed by atoms with Gasteiger partial charge in [-0.15, -0.1) is 5.10 Å². The molecule has 0 amide bonds. The van der Waals surface area contributed by atoms with Crippen LogP contribution in [0.1, 0.15) is 12.6 Å². The Balaban J connectivity index is 2.69. The minimum Gasteiger partial charge on any atom is -0.358 e. The molecule has 0 aliphatic heterocycles. The standard InChI is InChI=1S/C9H16N4/c1-4-13(3)9-6-5-8(7-10-2)11-12-9/h5-6,10H,4,7H2,1-3H3. The van der Waals surface area contributed by atoms with E-state index in [1.807, 2.05) is 26.2 Å². The van der Waals surface area contributed by atoms with E-state index in [1.165, 1.54) is 0 Å². The lowest BCUT2D eigenvalue weighted by molar-refractivity contribution is 0.761. The van der Waals surface area contributed by atoms with Gasteiger partial charge in [-0.2, -0.15) is 5.10 Å². The average Bonchev–Trinajstić information content (AvgIpc) is 2.18. The van der Waals surface area contributed by atoms with E-state index < -0.39 is 0 Å². The van der Waals surface area contributed by atoms with Gasteiger partial charge in [0.2, 0.25) is 0 Å². The van der Waals surface area contributed by atoms with Crippen molar-refractivity contribution in [3.05, 3.63) is 17.8 Å². The van der Waals surface area contributed by atoms with Gasteiger partial charge in [0.25, 0.3) is 0 Å². The fourth-order valence-corrected chi connectivity index (χ4v) is 0.994. The second-order valence-corrected chi connectivity index (χ2v) is 2.93.